The lowest BCUT2D eigenvalue weighted by Gasteiger charge is -1.91. The van der Waals surface area contributed by atoms with Gasteiger partial charge in [0.1, 0.15) is 0 Å². The zero-order valence-electron chi connectivity index (χ0n) is 8.78. The van der Waals surface area contributed by atoms with Crippen molar-refractivity contribution in [3.05, 3.63) is 48.6 Å². The van der Waals surface area contributed by atoms with E-state index in [0.29, 0.717) is 0 Å². The van der Waals surface area contributed by atoms with Crippen LogP contribution in [0.4, 0.5) is 0 Å². The maximum atomic E-state index is 3.19. The fraction of sp³-hybridized carbons (Fsp3) is 0.429. The second-order valence-electron chi connectivity index (χ2n) is 3.46. The fourth-order valence-corrected chi connectivity index (χ4v) is 1.34. The van der Waals surface area contributed by atoms with Crippen LogP contribution >= 0.6 is 0 Å². The second kappa shape index (κ2) is 8.55. The second-order valence-corrected chi connectivity index (χ2v) is 3.46. The first kappa shape index (κ1) is 11.0. The molecule has 0 atom stereocenters. The van der Waals surface area contributed by atoms with Crippen molar-refractivity contribution < 1.29 is 0 Å². The van der Waals surface area contributed by atoms with Crippen molar-refractivity contribution in [2.24, 2.45) is 0 Å². The summed E-state index contributed by atoms with van der Waals surface area (Å²) in [6.45, 7) is 0. The van der Waals surface area contributed by atoms with Crippen LogP contribution < -0.4 is 0 Å². The van der Waals surface area contributed by atoms with E-state index in [4.69, 9.17) is 0 Å². The third-order valence-corrected chi connectivity index (χ3v) is 2.16. The molecular weight excluding hydrogens is 168 g/mol. The molecule has 0 nitrogen and oxygen atoms in total. The van der Waals surface area contributed by atoms with Crippen LogP contribution in [-0.2, 0) is 0 Å². The molecule has 0 spiro atoms. The van der Waals surface area contributed by atoms with E-state index in [0.717, 1.165) is 25.7 Å². The molecule has 14 heavy (non-hydrogen) atoms. The van der Waals surface area contributed by atoms with Gasteiger partial charge in [-0.05, 0) is 44.6 Å². The summed E-state index contributed by atoms with van der Waals surface area (Å²) in [6, 6.07) is 0. The summed E-state index contributed by atoms with van der Waals surface area (Å²) in [5.74, 6) is 0. The molecule has 0 heterocycles. The lowest BCUT2D eigenvalue weighted by atomic mass is 10.2. The molecule has 0 bridgehead atoms. The van der Waals surface area contributed by atoms with E-state index in [2.05, 4.69) is 42.5 Å². The molecule has 1 rings (SSSR count). The molecule has 0 saturated heterocycles. The highest BCUT2D eigenvalue weighted by molar-refractivity contribution is 4.98. The summed E-state index contributed by atoms with van der Waals surface area (Å²) in [5, 5.41) is 0. The summed E-state index contributed by atoms with van der Waals surface area (Å²) >= 11 is 0. The van der Waals surface area contributed by atoms with Gasteiger partial charge in [0.25, 0.3) is 0 Å². The molecule has 0 unspecified atom stereocenters. The van der Waals surface area contributed by atoms with E-state index in [1.54, 1.807) is 0 Å². The van der Waals surface area contributed by atoms with Gasteiger partial charge in [-0.15, -0.1) is 0 Å². The van der Waals surface area contributed by atoms with Crippen LogP contribution in [0.2, 0.25) is 0 Å². The zero-order chi connectivity index (χ0) is 9.90. The van der Waals surface area contributed by atoms with Crippen LogP contribution in [0.1, 0.15) is 38.5 Å². The average Bonchev–Trinajstić information content (AvgIpc) is 2.22. The van der Waals surface area contributed by atoms with Gasteiger partial charge in [-0.2, -0.15) is 0 Å². The van der Waals surface area contributed by atoms with E-state index in [1.165, 1.54) is 12.8 Å². The minimum absolute atomic E-state index is 1.09. The van der Waals surface area contributed by atoms with Crippen molar-refractivity contribution in [2.45, 2.75) is 38.5 Å². The van der Waals surface area contributed by atoms with Crippen molar-refractivity contribution in [2.75, 3.05) is 0 Å². The van der Waals surface area contributed by atoms with Gasteiger partial charge in [-0.25, -0.2) is 0 Å². The normalized spacial score (nSPS) is 28.6. The Bertz CT molecular complexity index is 228. The molecule has 0 aromatic rings. The first-order valence-corrected chi connectivity index (χ1v) is 5.53. The summed E-state index contributed by atoms with van der Waals surface area (Å²) in [5.41, 5.74) is 0. The smallest absolute Gasteiger partial charge is 0.0169 e. The van der Waals surface area contributed by atoms with Gasteiger partial charge in [-0.1, -0.05) is 42.5 Å². The SMILES string of the molecule is [C]1=C/CCC/C=C\C/C=C/CC\C=C/1. The lowest BCUT2D eigenvalue weighted by molar-refractivity contribution is 0.864. The topological polar surface area (TPSA) is 0 Å². The maximum Gasteiger partial charge on any atom is -0.0169 e. The summed E-state index contributed by atoms with van der Waals surface area (Å²) in [6.07, 6.45) is 25.5. The molecular formula is C14H19. The van der Waals surface area contributed by atoms with Gasteiger partial charge < -0.3 is 0 Å². The predicted octanol–water partition coefficient (Wildman–Crippen LogP) is 4.37. The van der Waals surface area contributed by atoms with Gasteiger partial charge in [0.2, 0.25) is 0 Å². The van der Waals surface area contributed by atoms with Gasteiger partial charge in [-0.3, -0.25) is 0 Å². The average molecular weight is 187 g/mol. The molecule has 0 N–H and O–H groups in total. The van der Waals surface area contributed by atoms with Crippen molar-refractivity contribution in [1.29, 1.82) is 0 Å². The molecule has 1 radical (unpaired) electrons. The van der Waals surface area contributed by atoms with Crippen LogP contribution in [0.25, 0.3) is 0 Å². The number of rotatable bonds is 0. The Hall–Kier alpha value is -1.04. The molecule has 0 heteroatoms. The summed E-state index contributed by atoms with van der Waals surface area (Å²) in [7, 11) is 0. The van der Waals surface area contributed by atoms with Crippen molar-refractivity contribution in [3.63, 3.8) is 0 Å². The Labute approximate surface area is 87.7 Å². The zero-order valence-corrected chi connectivity index (χ0v) is 8.78. The van der Waals surface area contributed by atoms with Gasteiger partial charge in [0.15, 0.2) is 0 Å². The number of allylic oxidation sites excluding steroid dienone is 8. The Morgan fingerprint density at radius 2 is 1.50 bits per heavy atom. The van der Waals surface area contributed by atoms with E-state index in [9.17, 15) is 0 Å². The van der Waals surface area contributed by atoms with Crippen LogP contribution in [0.5, 0.6) is 0 Å². The van der Waals surface area contributed by atoms with Crippen molar-refractivity contribution in [3.8, 4) is 0 Å². The van der Waals surface area contributed by atoms with Gasteiger partial charge in [0.05, 0.1) is 0 Å². The first-order valence-electron chi connectivity index (χ1n) is 5.53. The number of hydrogen-bond acceptors (Lipinski definition) is 0. The highest BCUT2D eigenvalue weighted by Crippen LogP contribution is 2.01. The molecule has 0 saturated carbocycles. The molecule has 1 aliphatic rings. The van der Waals surface area contributed by atoms with E-state index in [-0.39, 0.29) is 0 Å². The predicted molar refractivity (Wildman–Crippen MR) is 62.9 cm³/mol. The minimum atomic E-state index is 1.09. The molecule has 0 aromatic heterocycles. The van der Waals surface area contributed by atoms with Crippen LogP contribution in [-0.4, -0.2) is 0 Å². The highest BCUT2D eigenvalue weighted by Gasteiger charge is 1.81. The van der Waals surface area contributed by atoms with Gasteiger partial charge in [0, 0.05) is 0 Å². The molecule has 1 aliphatic carbocycles. The molecule has 0 aliphatic heterocycles. The largest absolute Gasteiger partial charge is 0.0882 e. The standard InChI is InChI=1S/C14H19/c1-2-4-6-8-10-12-14-13-11-9-7-5-3-1/h1-2,5,7-8,10,14H,3-4,6,9,11,13H2/b2-1+,7-5-,10-8-,14-12?. The maximum absolute atomic E-state index is 3.19. The third kappa shape index (κ3) is 6.47. The van der Waals surface area contributed by atoms with E-state index in [1.807, 2.05) is 6.08 Å². The lowest BCUT2D eigenvalue weighted by Crippen LogP contribution is -1.71. The summed E-state index contributed by atoms with van der Waals surface area (Å²) < 4.78 is 0. The van der Waals surface area contributed by atoms with Crippen LogP contribution in [0.15, 0.2) is 42.5 Å². The highest BCUT2D eigenvalue weighted by atomic mass is 13.9. The molecule has 75 valence electrons. The van der Waals surface area contributed by atoms with Gasteiger partial charge >= 0.3 is 0 Å². The fourth-order valence-electron chi connectivity index (χ4n) is 1.34. The number of hydrogen-bond donors (Lipinski definition) is 0. The van der Waals surface area contributed by atoms with Crippen LogP contribution in [0.3, 0.4) is 0 Å². The monoisotopic (exact) mass is 187 g/mol. The van der Waals surface area contributed by atoms with Crippen molar-refractivity contribution >= 4 is 0 Å². The molecule has 0 amide bonds. The van der Waals surface area contributed by atoms with E-state index >= 15 is 0 Å². The first-order chi connectivity index (χ1) is 7.00. The van der Waals surface area contributed by atoms with Crippen LogP contribution in [0, 0.1) is 6.08 Å². The van der Waals surface area contributed by atoms with Crippen molar-refractivity contribution in [1.82, 2.24) is 0 Å². The Balaban J connectivity index is 2.34. The van der Waals surface area contributed by atoms with E-state index < -0.39 is 0 Å². The molecule has 0 fully saturated rings. The Kier molecular flexibility index (Phi) is 6.74. The Morgan fingerprint density at radius 3 is 2.43 bits per heavy atom. The quantitative estimate of drug-likeness (QED) is 0.494. The molecule has 0 aromatic carbocycles. The summed E-state index contributed by atoms with van der Waals surface area (Å²) in [4.78, 5) is 0. The Morgan fingerprint density at radius 1 is 0.714 bits per heavy atom. The third-order valence-electron chi connectivity index (χ3n) is 2.16. The minimum Gasteiger partial charge on any atom is -0.0882 e.